The molecule has 0 bridgehead atoms. The van der Waals surface area contributed by atoms with Gasteiger partial charge >= 0.3 is 6.09 Å². The Morgan fingerprint density at radius 3 is 2.42 bits per heavy atom. The molecule has 112 valence electrons. The van der Waals surface area contributed by atoms with E-state index in [1.54, 1.807) is 12.0 Å². The van der Waals surface area contributed by atoms with E-state index >= 15 is 0 Å². The second-order valence-electron chi connectivity index (χ2n) is 6.26. The van der Waals surface area contributed by atoms with Crippen LogP contribution in [-0.4, -0.2) is 55.5 Å². The Balaban J connectivity index is 2.30. The van der Waals surface area contributed by atoms with Gasteiger partial charge in [-0.1, -0.05) is 0 Å². The van der Waals surface area contributed by atoms with Crippen molar-refractivity contribution >= 4 is 6.09 Å². The molecule has 0 spiro atoms. The van der Waals surface area contributed by atoms with Crippen molar-refractivity contribution in [2.75, 3.05) is 26.8 Å². The van der Waals surface area contributed by atoms with E-state index in [1.165, 1.54) is 0 Å². The second-order valence-corrected chi connectivity index (χ2v) is 6.26. The maximum Gasteiger partial charge on any atom is 0.410 e. The monoisotopic (exact) mass is 272 g/mol. The van der Waals surface area contributed by atoms with E-state index in [0.29, 0.717) is 18.7 Å². The van der Waals surface area contributed by atoms with E-state index in [2.05, 4.69) is 12.2 Å². The Labute approximate surface area is 116 Å². The second kappa shape index (κ2) is 7.10. The predicted molar refractivity (Wildman–Crippen MR) is 75.3 cm³/mol. The number of hydrogen-bond donors (Lipinski definition) is 1. The summed E-state index contributed by atoms with van der Waals surface area (Å²) in [6.45, 7) is 10.0. The zero-order chi connectivity index (χ0) is 14.5. The van der Waals surface area contributed by atoms with Crippen LogP contribution in [0.5, 0.6) is 0 Å². The topological polar surface area (TPSA) is 50.8 Å². The van der Waals surface area contributed by atoms with Crippen LogP contribution in [0.15, 0.2) is 0 Å². The van der Waals surface area contributed by atoms with Crippen LogP contribution in [0.4, 0.5) is 4.79 Å². The van der Waals surface area contributed by atoms with E-state index < -0.39 is 5.60 Å². The number of amides is 1. The molecule has 1 heterocycles. The molecule has 1 aliphatic heterocycles. The van der Waals surface area contributed by atoms with E-state index in [9.17, 15) is 4.79 Å². The summed E-state index contributed by atoms with van der Waals surface area (Å²) in [4.78, 5) is 13.7. The highest BCUT2D eigenvalue weighted by atomic mass is 16.6. The van der Waals surface area contributed by atoms with Gasteiger partial charge in [0, 0.05) is 32.3 Å². The van der Waals surface area contributed by atoms with Gasteiger partial charge in [0.15, 0.2) is 0 Å². The van der Waals surface area contributed by atoms with E-state index in [4.69, 9.17) is 9.47 Å². The van der Waals surface area contributed by atoms with E-state index in [1.807, 2.05) is 20.8 Å². The zero-order valence-corrected chi connectivity index (χ0v) is 12.9. The van der Waals surface area contributed by atoms with Crippen molar-refractivity contribution in [3.63, 3.8) is 0 Å². The number of nitrogens with zero attached hydrogens (tertiary/aromatic N) is 1. The molecule has 5 heteroatoms. The molecule has 0 saturated carbocycles. The van der Waals surface area contributed by atoms with Gasteiger partial charge in [-0.05, 0) is 40.5 Å². The molecule has 0 aromatic carbocycles. The quantitative estimate of drug-likeness (QED) is 0.850. The molecular weight excluding hydrogens is 244 g/mol. The average Bonchev–Trinajstić information content (AvgIpc) is 2.27. The first-order chi connectivity index (χ1) is 8.81. The summed E-state index contributed by atoms with van der Waals surface area (Å²) in [5, 5.41) is 3.52. The fourth-order valence-electron chi connectivity index (χ4n) is 2.26. The molecule has 1 amide bonds. The molecule has 1 N–H and O–H groups in total. The first kappa shape index (κ1) is 16.2. The lowest BCUT2D eigenvalue weighted by atomic mass is 10.0. The van der Waals surface area contributed by atoms with Crippen molar-refractivity contribution in [3.8, 4) is 0 Å². The SMILES string of the molecule is COCC(C)NC1CCN(C(=O)OC(C)(C)C)CC1. The predicted octanol–water partition coefficient (Wildman–Crippen LogP) is 2.01. The largest absolute Gasteiger partial charge is 0.444 e. The maximum absolute atomic E-state index is 11.9. The minimum atomic E-state index is -0.417. The highest BCUT2D eigenvalue weighted by molar-refractivity contribution is 5.68. The van der Waals surface area contributed by atoms with Crippen LogP contribution >= 0.6 is 0 Å². The van der Waals surface area contributed by atoms with E-state index in [0.717, 1.165) is 25.9 Å². The number of carbonyl (C=O) groups is 1. The first-order valence-electron chi connectivity index (χ1n) is 7.04. The third kappa shape index (κ3) is 6.25. The van der Waals surface area contributed by atoms with Crippen molar-refractivity contribution in [1.82, 2.24) is 10.2 Å². The van der Waals surface area contributed by atoms with Gasteiger partial charge in [0.2, 0.25) is 0 Å². The summed E-state index contributed by atoms with van der Waals surface area (Å²) in [7, 11) is 1.71. The van der Waals surface area contributed by atoms with Crippen LogP contribution < -0.4 is 5.32 Å². The standard InChI is InChI=1S/C14H28N2O3/c1-11(10-18-5)15-12-6-8-16(9-7-12)13(17)19-14(2,3)4/h11-12,15H,6-10H2,1-5H3. The Morgan fingerprint density at radius 1 is 1.37 bits per heavy atom. The van der Waals surface area contributed by atoms with Gasteiger partial charge in [0.25, 0.3) is 0 Å². The number of methoxy groups -OCH3 is 1. The fourth-order valence-corrected chi connectivity index (χ4v) is 2.26. The number of piperidine rings is 1. The summed E-state index contributed by atoms with van der Waals surface area (Å²) in [5.41, 5.74) is -0.417. The summed E-state index contributed by atoms with van der Waals surface area (Å²) in [6.07, 6.45) is 1.73. The fraction of sp³-hybridized carbons (Fsp3) is 0.929. The minimum Gasteiger partial charge on any atom is -0.444 e. The van der Waals surface area contributed by atoms with Gasteiger partial charge in [0.05, 0.1) is 6.61 Å². The molecule has 1 rings (SSSR count). The Bertz CT molecular complexity index is 281. The zero-order valence-electron chi connectivity index (χ0n) is 12.9. The van der Waals surface area contributed by atoms with Crippen LogP contribution in [0.25, 0.3) is 0 Å². The summed E-state index contributed by atoms with van der Waals surface area (Å²) in [6, 6.07) is 0.812. The molecular formula is C14H28N2O3. The summed E-state index contributed by atoms with van der Waals surface area (Å²) >= 11 is 0. The van der Waals surface area contributed by atoms with Crippen molar-refractivity contribution in [2.24, 2.45) is 0 Å². The van der Waals surface area contributed by atoms with Crippen molar-refractivity contribution in [2.45, 2.75) is 58.2 Å². The molecule has 1 unspecified atom stereocenters. The molecule has 1 aliphatic rings. The molecule has 0 aromatic heterocycles. The number of nitrogens with one attached hydrogen (secondary N) is 1. The lowest BCUT2D eigenvalue weighted by Gasteiger charge is -2.34. The highest BCUT2D eigenvalue weighted by Gasteiger charge is 2.27. The van der Waals surface area contributed by atoms with Gasteiger partial charge in [-0.3, -0.25) is 0 Å². The number of ether oxygens (including phenoxy) is 2. The van der Waals surface area contributed by atoms with Gasteiger partial charge in [-0.2, -0.15) is 0 Å². The van der Waals surface area contributed by atoms with Crippen molar-refractivity contribution < 1.29 is 14.3 Å². The molecule has 19 heavy (non-hydrogen) atoms. The molecule has 0 radical (unpaired) electrons. The first-order valence-corrected chi connectivity index (χ1v) is 7.04. The normalized spacial score (nSPS) is 19.3. The van der Waals surface area contributed by atoms with Crippen LogP contribution in [0.3, 0.4) is 0 Å². The Morgan fingerprint density at radius 2 is 1.95 bits per heavy atom. The van der Waals surface area contributed by atoms with Crippen LogP contribution in [-0.2, 0) is 9.47 Å². The average molecular weight is 272 g/mol. The Hall–Kier alpha value is -0.810. The maximum atomic E-state index is 11.9. The summed E-state index contributed by atoms with van der Waals surface area (Å²) in [5.74, 6) is 0. The molecule has 1 saturated heterocycles. The Kier molecular flexibility index (Phi) is 6.07. The van der Waals surface area contributed by atoms with Crippen molar-refractivity contribution in [3.05, 3.63) is 0 Å². The van der Waals surface area contributed by atoms with Gasteiger partial charge in [0.1, 0.15) is 5.60 Å². The summed E-state index contributed by atoms with van der Waals surface area (Å²) < 4.78 is 10.5. The highest BCUT2D eigenvalue weighted by Crippen LogP contribution is 2.15. The molecule has 1 fully saturated rings. The minimum absolute atomic E-state index is 0.198. The molecule has 5 nitrogen and oxygen atoms in total. The number of carbonyl (C=O) groups excluding carboxylic acids is 1. The van der Waals surface area contributed by atoms with Crippen LogP contribution in [0.1, 0.15) is 40.5 Å². The molecule has 0 aliphatic carbocycles. The molecule has 0 aromatic rings. The van der Waals surface area contributed by atoms with Gasteiger partial charge < -0.3 is 19.7 Å². The van der Waals surface area contributed by atoms with Crippen LogP contribution in [0, 0.1) is 0 Å². The number of hydrogen-bond acceptors (Lipinski definition) is 4. The third-order valence-corrected chi connectivity index (χ3v) is 3.08. The lowest BCUT2D eigenvalue weighted by molar-refractivity contribution is 0.0193. The van der Waals surface area contributed by atoms with Gasteiger partial charge in [-0.15, -0.1) is 0 Å². The third-order valence-electron chi connectivity index (χ3n) is 3.08. The van der Waals surface area contributed by atoms with E-state index in [-0.39, 0.29) is 6.09 Å². The van der Waals surface area contributed by atoms with Crippen molar-refractivity contribution in [1.29, 1.82) is 0 Å². The lowest BCUT2D eigenvalue weighted by Crippen LogP contribution is -2.49. The smallest absolute Gasteiger partial charge is 0.410 e. The van der Waals surface area contributed by atoms with Gasteiger partial charge in [-0.25, -0.2) is 4.79 Å². The number of rotatable bonds is 4. The number of likely N-dealkylation sites (tertiary alicyclic amines) is 1. The van der Waals surface area contributed by atoms with Crippen LogP contribution in [0.2, 0.25) is 0 Å². The molecule has 1 atom stereocenters.